The molecule has 6 heteroatoms. The van der Waals surface area contributed by atoms with Gasteiger partial charge in [-0.1, -0.05) is 12.1 Å². The molecule has 1 aromatic rings. The summed E-state index contributed by atoms with van der Waals surface area (Å²) in [7, 11) is 1.81. The number of rotatable bonds is 5. The molecular formula is C21H32N4OS. The lowest BCUT2D eigenvalue weighted by Gasteiger charge is -2.26. The maximum atomic E-state index is 12.5. The van der Waals surface area contributed by atoms with Crippen molar-refractivity contribution in [2.24, 2.45) is 4.99 Å². The first-order valence-electron chi connectivity index (χ1n) is 10.1. The Morgan fingerprint density at radius 3 is 2.52 bits per heavy atom. The molecule has 0 spiro atoms. The SMILES string of the molecule is CN=C(NCc1ccc(C(=O)N2CCCCC2)cc1)NCC1(C)CCCS1. The van der Waals surface area contributed by atoms with Crippen molar-refractivity contribution in [1.29, 1.82) is 0 Å². The van der Waals surface area contributed by atoms with Gasteiger partial charge in [-0.05, 0) is 62.5 Å². The molecule has 0 saturated carbocycles. The minimum absolute atomic E-state index is 0.161. The van der Waals surface area contributed by atoms with Crippen molar-refractivity contribution < 1.29 is 4.79 Å². The van der Waals surface area contributed by atoms with Crippen molar-refractivity contribution in [3.8, 4) is 0 Å². The largest absolute Gasteiger partial charge is 0.355 e. The summed E-state index contributed by atoms with van der Waals surface area (Å²) in [5.74, 6) is 2.25. The van der Waals surface area contributed by atoms with Gasteiger partial charge < -0.3 is 15.5 Å². The minimum Gasteiger partial charge on any atom is -0.355 e. The Balaban J connectivity index is 1.47. The van der Waals surface area contributed by atoms with Gasteiger partial charge in [0.1, 0.15) is 0 Å². The molecule has 148 valence electrons. The molecule has 2 heterocycles. The number of nitrogens with zero attached hydrogens (tertiary/aromatic N) is 2. The van der Waals surface area contributed by atoms with E-state index in [0.717, 1.165) is 49.6 Å². The van der Waals surface area contributed by atoms with Crippen LogP contribution in [0.4, 0.5) is 0 Å². The van der Waals surface area contributed by atoms with Gasteiger partial charge in [0.15, 0.2) is 5.96 Å². The summed E-state index contributed by atoms with van der Waals surface area (Å²) in [6.45, 7) is 5.73. The van der Waals surface area contributed by atoms with E-state index in [1.54, 1.807) is 7.05 Å². The molecule has 0 aromatic heterocycles. The van der Waals surface area contributed by atoms with Gasteiger partial charge in [-0.3, -0.25) is 9.79 Å². The van der Waals surface area contributed by atoms with Crippen molar-refractivity contribution in [3.63, 3.8) is 0 Å². The topological polar surface area (TPSA) is 56.7 Å². The highest BCUT2D eigenvalue weighted by Crippen LogP contribution is 2.36. The third kappa shape index (κ3) is 5.64. The molecule has 2 aliphatic heterocycles. The number of guanidine groups is 1. The fraction of sp³-hybridized carbons (Fsp3) is 0.619. The van der Waals surface area contributed by atoms with E-state index in [1.165, 1.54) is 25.0 Å². The molecule has 2 aliphatic rings. The summed E-state index contributed by atoms with van der Waals surface area (Å²) in [6, 6.07) is 7.96. The van der Waals surface area contributed by atoms with Crippen molar-refractivity contribution in [1.82, 2.24) is 15.5 Å². The second-order valence-corrected chi connectivity index (χ2v) is 9.41. The molecular weight excluding hydrogens is 356 g/mol. The Bertz CT molecular complexity index is 647. The van der Waals surface area contributed by atoms with E-state index >= 15 is 0 Å². The normalized spacial score (nSPS) is 23.3. The highest BCUT2D eigenvalue weighted by molar-refractivity contribution is 8.00. The maximum absolute atomic E-state index is 12.5. The van der Waals surface area contributed by atoms with Crippen LogP contribution in [0.25, 0.3) is 0 Å². The van der Waals surface area contributed by atoms with Crippen molar-refractivity contribution in [3.05, 3.63) is 35.4 Å². The number of piperidine rings is 1. The van der Waals surface area contributed by atoms with Gasteiger partial charge in [0.05, 0.1) is 0 Å². The van der Waals surface area contributed by atoms with Gasteiger partial charge in [0.25, 0.3) is 5.91 Å². The number of carbonyl (C=O) groups excluding carboxylic acids is 1. The molecule has 3 rings (SSSR count). The number of benzene rings is 1. The summed E-state index contributed by atoms with van der Waals surface area (Å²) in [6.07, 6.45) is 6.04. The lowest BCUT2D eigenvalue weighted by molar-refractivity contribution is 0.0724. The smallest absolute Gasteiger partial charge is 0.253 e. The molecule has 1 atom stereocenters. The number of carbonyl (C=O) groups is 1. The van der Waals surface area contributed by atoms with Crippen LogP contribution in [0.3, 0.4) is 0 Å². The average molecular weight is 389 g/mol. The fourth-order valence-corrected chi connectivity index (χ4v) is 4.94. The number of hydrogen-bond acceptors (Lipinski definition) is 3. The molecule has 27 heavy (non-hydrogen) atoms. The fourth-order valence-electron chi connectivity index (χ4n) is 3.70. The Kier molecular flexibility index (Phi) is 7.05. The van der Waals surface area contributed by atoms with Crippen LogP contribution >= 0.6 is 11.8 Å². The number of likely N-dealkylation sites (tertiary alicyclic amines) is 1. The molecule has 5 nitrogen and oxygen atoms in total. The van der Waals surface area contributed by atoms with E-state index in [1.807, 2.05) is 40.9 Å². The van der Waals surface area contributed by atoms with Gasteiger partial charge in [-0.2, -0.15) is 11.8 Å². The van der Waals surface area contributed by atoms with Gasteiger partial charge in [-0.15, -0.1) is 0 Å². The molecule has 1 unspecified atom stereocenters. The maximum Gasteiger partial charge on any atom is 0.253 e. The molecule has 2 N–H and O–H groups in total. The first kappa shape index (κ1) is 20.1. The third-order valence-corrected chi connectivity index (χ3v) is 7.00. The number of aliphatic imine (C=N–C) groups is 1. The predicted molar refractivity (Wildman–Crippen MR) is 114 cm³/mol. The summed E-state index contributed by atoms with van der Waals surface area (Å²) >= 11 is 2.05. The number of amides is 1. The first-order valence-corrected chi connectivity index (χ1v) is 11.0. The molecule has 2 fully saturated rings. The lowest BCUT2D eigenvalue weighted by Crippen LogP contribution is -2.43. The van der Waals surface area contributed by atoms with Crippen molar-refractivity contribution >= 4 is 23.6 Å². The zero-order valence-corrected chi connectivity index (χ0v) is 17.4. The molecule has 1 aromatic carbocycles. The van der Waals surface area contributed by atoms with Crippen LogP contribution < -0.4 is 10.6 Å². The van der Waals surface area contributed by atoms with Gasteiger partial charge in [0, 0.05) is 43.5 Å². The van der Waals surface area contributed by atoms with Crippen LogP contribution in [0, 0.1) is 0 Å². The molecule has 2 saturated heterocycles. The Morgan fingerprint density at radius 2 is 1.89 bits per heavy atom. The van der Waals surface area contributed by atoms with Crippen molar-refractivity contribution in [2.45, 2.75) is 50.3 Å². The van der Waals surface area contributed by atoms with Crippen LogP contribution in [0.2, 0.25) is 0 Å². The monoisotopic (exact) mass is 388 g/mol. The quantitative estimate of drug-likeness (QED) is 0.600. The van der Waals surface area contributed by atoms with Crippen LogP contribution in [-0.2, 0) is 6.54 Å². The predicted octanol–water partition coefficient (Wildman–Crippen LogP) is 3.26. The second-order valence-electron chi connectivity index (χ2n) is 7.73. The highest BCUT2D eigenvalue weighted by atomic mass is 32.2. The van der Waals surface area contributed by atoms with E-state index in [0.29, 0.717) is 11.3 Å². The van der Waals surface area contributed by atoms with E-state index in [4.69, 9.17) is 0 Å². The second kappa shape index (κ2) is 9.49. The number of nitrogens with one attached hydrogen (secondary N) is 2. The summed E-state index contributed by atoms with van der Waals surface area (Å²) in [4.78, 5) is 18.8. The van der Waals surface area contributed by atoms with Crippen LogP contribution in [0.15, 0.2) is 29.3 Å². The number of hydrogen-bond donors (Lipinski definition) is 2. The first-order chi connectivity index (χ1) is 13.1. The average Bonchev–Trinajstić information content (AvgIpc) is 3.15. The molecule has 1 amide bonds. The Hall–Kier alpha value is -1.69. The molecule has 0 aliphatic carbocycles. The Morgan fingerprint density at radius 1 is 1.15 bits per heavy atom. The van der Waals surface area contributed by atoms with E-state index < -0.39 is 0 Å². The van der Waals surface area contributed by atoms with Crippen molar-refractivity contribution in [2.75, 3.05) is 32.4 Å². The van der Waals surface area contributed by atoms with E-state index in [9.17, 15) is 4.79 Å². The summed E-state index contributed by atoms with van der Waals surface area (Å²) in [5, 5.41) is 6.83. The van der Waals surface area contributed by atoms with Gasteiger partial charge in [-0.25, -0.2) is 0 Å². The third-order valence-electron chi connectivity index (χ3n) is 5.46. The minimum atomic E-state index is 0.161. The van der Waals surface area contributed by atoms with Crippen LogP contribution in [0.5, 0.6) is 0 Å². The zero-order chi connectivity index (χ0) is 19.1. The summed E-state index contributed by atoms with van der Waals surface area (Å²) < 4.78 is 0.314. The standard InChI is InChI=1S/C21H32N4OS/c1-21(11-6-14-27-21)16-24-20(22-2)23-15-17-7-9-18(10-8-17)19(26)25-12-4-3-5-13-25/h7-10H,3-6,11-16H2,1-2H3,(H2,22,23,24). The highest BCUT2D eigenvalue weighted by Gasteiger charge is 2.29. The van der Waals surface area contributed by atoms with E-state index in [-0.39, 0.29) is 5.91 Å². The summed E-state index contributed by atoms with van der Waals surface area (Å²) in [5.41, 5.74) is 1.93. The van der Waals surface area contributed by atoms with Gasteiger partial charge in [0.2, 0.25) is 0 Å². The lowest BCUT2D eigenvalue weighted by atomic mass is 10.1. The van der Waals surface area contributed by atoms with E-state index in [2.05, 4.69) is 22.5 Å². The number of thioether (sulfide) groups is 1. The van der Waals surface area contributed by atoms with Gasteiger partial charge >= 0.3 is 0 Å². The van der Waals surface area contributed by atoms with Crippen LogP contribution in [-0.4, -0.2) is 53.9 Å². The van der Waals surface area contributed by atoms with Crippen LogP contribution in [0.1, 0.15) is 54.9 Å². The molecule has 0 radical (unpaired) electrons. The Labute approximate surface area is 167 Å². The zero-order valence-electron chi connectivity index (χ0n) is 16.6. The molecule has 0 bridgehead atoms.